The minimum Gasteiger partial charge on any atom is -0.496 e. The lowest BCUT2D eigenvalue weighted by Crippen LogP contribution is -2.14. The zero-order chi connectivity index (χ0) is 14.7. The molecule has 0 aliphatic rings. The van der Waals surface area contributed by atoms with Crippen molar-refractivity contribution in [3.8, 4) is 5.75 Å². The molecular formula is C16H15FO3. The van der Waals surface area contributed by atoms with Gasteiger partial charge in [0.2, 0.25) is 0 Å². The second-order valence-corrected chi connectivity index (χ2v) is 4.57. The number of aryl methyl sites for hydroxylation is 1. The Morgan fingerprint density at radius 1 is 1.20 bits per heavy atom. The van der Waals surface area contributed by atoms with E-state index in [4.69, 9.17) is 4.74 Å². The maximum Gasteiger partial charge on any atom is 0.315 e. The highest BCUT2D eigenvalue weighted by Crippen LogP contribution is 2.33. The van der Waals surface area contributed by atoms with Crippen LogP contribution in [0, 0.1) is 12.7 Å². The van der Waals surface area contributed by atoms with Crippen LogP contribution in [0.25, 0.3) is 0 Å². The molecule has 104 valence electrons. The molecule has 2 rings (SSSR count). The van der Waals surface area contributed by atoms with E-state index in [-0.39, 0.29) is 0 Å². The van der Waals surface area contributed by atoms with Gasteiger partial charge in [0.05, 0.1) is 7.11 Å². The molecule has 1 unspecified atom stereocenters. The van der Waals surface area contributed by atoms with E-state index in [1.165, 1.54) is 31.4 Å². The number of halogens is 1. The normalized spacial score (nSPS) is 11.9. The number of hydrogen-bond donors (Lipinski definition) is 1. The Labute approximate surface area is 116 Å². The summed E-state index contributed by atoms with van der Waals surface area (Å²) in [5.74, 6) is -1.77. The fourth-order valence-corrected chi connectivity index (χ4v) is 2.19. The summed E-state index contributed by atoms with van der Waals surface area (Å²) in [6.45, 7) is 1.88. The van der Waals surface area contributed by atoms with Crippen molar-refractivity contribution in [2.45, 2.75) is 12.8 Å². The summed E-state index contributed by atoms with van der Waals surface area (Å²) in [5.41, 5.74) is 2.02. The van der Waals surface area contributed by atoms with Crippen molar-refractivity contribution in [3.05, 3.63) is 65.0 Å². The van der Waals surface area contributed by atoms with E-state index in [2.05, 4.69) is 0 Å². The van der Waals surface area contributed by atoms with Crippen LogP contribution in [0.15, 0.2) is 42.5 Å². The van der Waals surface area contributed by atoms with E-state index in [1.54, 1.807) is 12.1 Å². The van der Waals surface area contributed by atoms with Crippen molar-refractivity contribution in [1.29, 1.82) is 0 Å². The van der Waals surface area contributed by atoms with Gasteiger partial charge in [0.25, 0.3) is 0 Å². The molecule has 0 saturated carbocycles. The zero-order valence-electron chi connectivity index (χ0n) is 11.3. The van der Waals surface area contributed by atoms with Gasteiger partial charge in [-0.1, -0.05) is 29.8 Å². The van der Waals surface area contributed by atoms with Gasteiger partial charge in [0.15, 0.2) is 0 Å². The van der Waals surface area contributed by atoms with Gasteiger partial charge in [0.1, 0.15) is 17.5 Å². The minimum absolute atomic E-state index is 0.394. The van der Waals surface area contributed by atoms with Crippen molar-refractivity contribution in [1.82, 2.24) is 0 Å². The summed E-state index contributed by atoms with van der Waals surface area (Å²) in [5, 5.41) is 9.51. The van der Waals surface area contributed by atoms with Crippen molar-refractivity contribution < 1.29 is 19.0 Å². The Balaban J connectivity index is 2.56. The fourth-order valence-electron chi connectivity index (χ4n) is 2.19. The van der Waals surface area contributed by atoms with Gasteiger partial charge in [0, 0.05) is 5.56 Å². The van der Waals surface area contributed by atoms with Gasteiger partial charge in [-0.15, -0.1) is 0 Å². The first-order valence-corrected chi connectivity index (χ1v) is 6.15. The van der Waals surface area contributed by atoms with E-state index in [0.29, 0.717) is 16.9 Å². The van der Waals surface area contributed by atoms with Crippen LogP contribution < -0.4 is 4.74 Å². The number of carboxylic acid groups (broad SMARTS) is 1. The standard InChI is InChI=1S/C16H15FO3/c1-10-3-8-14(20-2)13(9-10)15(16(18)19)11-4-6-12(17)7-5-11/h3-9,15H,1-2H3,(H,18,19). The van der Waals surface area contributed by atoms with Crippen molar-refractivity contribution in [3.63, 3.8) is 0 Å². The molecule has 0 amide bonds. The number of rotatable bonds is 4. The number of carboxylic acids is 1. The van der Waals surface area contributed by atoms with Crippen LogP contribution in [0.3, 0.4) is 0 Å². The molecule has 0 heterocycles. The lowest BCUT2D eigenvalue weighted by molar-refractivity contribution is -0.137. The Morgan fingerprint density at radius 2 is 1.85 bits per heavy atom. The molecule has 4 heteroatoms. The monoisotopic (exact) mass is 274 g/mol. The summed E-state index contributed by atoms with van der Waals surface area (Å²) in [6.07, 6.45) is 0. The molecule has 2 aromatic carbocycles. The number of benzene rings is 2. The van der Waals surface area contributed by atoms with Gasteiger partial charge in [-0.05, 0) is 30.7 Å². The molecule has 0 spiro atoms. The van der Waals surface area contributed by atoms with Crippen molar-refractivity contribution in [2.75, 3.05) is 7.11 Å². The predicted molar refractivity (Wildman–Crippen MR) is 73.6 cm³/mol. The molecule has 20 heavy (non-hydrogen) atoms. The zero-order valence-corrected chi connectivity index (χ0v) is 11.3. The third-order valence-electron chi connectivity index (χ3n) is 3.15. The van der Waals surface area contributed by atoms with Crippen molar-refractivity contribution >= 4 is 5.97 Å². The first kappa shape index (κ1) is 14.1. The minimum atomic E-state index is -1.000. The first-order valence-electron chi connectivity index (χ1n) is 6.15. The maximum atomic E-state index is 13.0. The van der Waals surface area contributed by atoms with E-state index in [0.717, 1.165) is 5.56 Å². The second kappa shape index (κ2) is 5.74. The lowest BCUT2D eigenvalue weighted by Gasteiger charge is -2.17. The van der Waals surface area contributed by atoms with Gasteiger partial charge in [-0.3, -0.25) is 4.79 Å². The smallest absolute Gasteiger partial charge is 0.315 e. The van der Waals surface area contributed by atoms with E-state index < -0.39 is 17.7 Å². The number of methoxy groups -OCH3 is 1. The summed E-state index contributed by atoms with van der Waals surface area (Å²) in [7, 11) is 1.50. The molecule has 1 atom stereocenters. The molecule has 0 radical (unpaired) electrons. The largest absolute Gasteiger partial charge is 0.496 e. The van der Waals surface area contributed by atoms with Crippen LogP contribution in [0.1, 0.15) is 22.6 Å². The van der Waals surface area contributed by atoms with Crippen LogP contribution in [-0.4, -0.2) is 18.2 Å². The van der Waals surface area contributed by atoms with Gasteiger partial charge in [-0.25, -0.2) is 4.39 Å². The third kappa shape index (κ3) is 2.79. The highest BCUT2D eigenvalue weighted by molar-refractivity contribution is 5.81. The Hall–Kier alpha value is -2.36. The number of hydrogen-bond acceptors (Lipinski definition) is 2. The Bertz CT molecular complexity index is 620. The average molecular weight is 274 g/mol. The summed E-state index contributed by atoms with van der Waals surface area (Å²) < 4.78 is 18.2. The number of carbonyl (C=O) groups is 1. The van der Waals surface area contributed by atoms with Gasteiger partial charge < -0.3 is 9.84 Å². The van der Waals surface area contributed by atoms with E-state index >= 15 is 0 Å². The number of aliphatic carboxylic acids is 1. The Kier molecular flexibility index (Phi) is 4.03. The van der Waals surface area contributed by atoms with Crippen LogP contribution in [0.4, 0.5) is 4.39 Å². The second-order valence-electron chi connectivity index (χ2n) is 4.57. The molecule has 0 bridgehead atoms. The molecule has 0 saturated heterocycles. The third-order valence-corrected chi connectivity index (χ3v) is 3.15. The predicted octanol–water partition coefficient (Wildman–Crippen LogP) is 3.36. The topological polar surface area (TPSA) is 46.5 Å². The average Bonchev–Trinajstić information content (AvgIpc) is 2.41. The molecule has 1 N–H and O–H groups in total. The molecule has 0 fully saturated rings. The number of ether oxygens (including phenoxy) is 1. The molecule has 3 nitrogen and oxygen atoms in total. The quantitative estimate of drug-likeness (QED) is 0.930. The van der Waals surface area contributed by atoms with Crippen LogP contribution in [0.2, 0.25) is 0 Å². The van der Waals surface area contributed by atoms with E-state index in [9.17, 15) is 14.3 Å². The van der Waals surface area contributed by atoms with Gasteiger partial charge >= 0.3 is 5.97 Å². The SMILES string of the molecule is COc1ccc(C)cc1C(C(=O)O)c1ccc(F)cc1. The highest BCUT2D eigenvalue weighted by Gasteiger charge is 2.25. The summed E-state index contributed by atoms with van der Waals surface area (Å²) >= 11 is 0. The highest BCUT2D eigenvalue weighted by atomic mass is 19.1. The molecular weight excluding hydrogens is 259 g/mol. The van der Waals surface area contributed by atoms with Gasteiger partial charge in [-0.2, -0.15) is 0 Å². The molecule has 0 aliphatic heterocycles. The summed E-state index contributed by atoms with van der Waals surface area (Å²) in [6, 6.07) is 10.9. The van der Waals surface area contributed by atoms with Crippen LogP contribution in [0.5, 0.6) is 5.75 Å². The van der Waals surface area contributed by atoms with Crippen LogP contribution >= 0.6 is 0 Å². The fraction of sp³-hybridized carbons (Fsp3) is 0.188. The molecule has 2 aromatic rings. The molecule has 0 aromatic heterocycles. The Morgan fingerprint density at radius 3 is 2.40 bits per heavy atom. The lowest BCUT2D eigenvalue weighted by atomic mass is 9.90. The van der Waals surface area contributed by atoms with Crippen LogP contribution in [-0.2, 0) is 4.79 Å². The first-order chi connectivity index (χ1) is 9.52. The maximum absolute atomic E-state index is 13.0. The molecule has 0 aliphatic carbocycles. The summed E-state index contributed by atoms with van der Waals surface area (Å²) in [4.78, 5) is 11.6. The van der Waals surface area contributed by atoms with Crippen molar-refractivity contribution in [2.24, 2.45) is 0 Å². The van der Waals surface area contributed by atoms with E-state index in [1.807, 2.05) is 13.0 Å².